The van der Waals surface area contributed by atoms with Crippen molar-refractivity contribution in [2.24, 2.45) is 0 Å². The molecule has 0 spiro atoms. The number of rotatable bonds is 3. The highest BCUT2D eigenvalue weighted by Gasteiger charge is 2.18. The first-order valence-corrected chi connectivity index (χ1v) is 7.53. The van der Waals surface area contributed by atoms with Gasteiger partial charge in [0.1, 0.15) is 16.6 Å². The Kier molecular flexibility index (Phi) is 3.61. The molecule has 3 aromatic heterocycles. The van der Waals surface area contributed by atoms with Crippen molar-refractivity contribution in [3.05, 3.63) is 35.2 Å². The fourth-order valence-electron chi connectivity index (χ4n) is 2.07. The first kappa shape index (κ1) is 14.6. The van der Waals surface area contributed by atoms with Crippen LogP contribution in [0.5, 0.6) is 0 Å². The van der Waals surface area contributed by atoms with Crippen LogP contribution >= 0.6 is 11.8 Å². The van der Waals surface area contributed by atoms with Gasteiger partial charge in [0.05, 0.1) is 11.8 Å². The number of hydrogen-bond acceptors (Lipinski definition) is 7. The highest BCUT2D eigenvalue weighted by molar-refractivity contribution is 7.99. The minimum absolute atomic E-state index is 0.564. The zero-order valence-electron chi connectivity index (χ0n) is 12.8. The van der Waals surface area contributed by atoms with Crippen molar-refractivity contribution in [2.45, 2.75) is 37.9 Å². The Labute approximate surface area is 131 Å². The van der Waals surface area contributed by atoms with Gasteiger partial charge in [-0.05, 0) is 45.5 Å². The third kappa shape index (κ3) is 2.45. The molecule has 3 aromatic rings. The van der Waals surface area contributed by atoms with E-state index < -0.39 is 0 Å². The van der Waals surface area contributed by atoms with Crippen LogP contribution in [0.4, 0.5) is 0 Å². The van der Waals surface area contributed by atoms with Crippen LogP contribution in [-0.4, -0.2) is 24.8 Å². The summed E-state index contributed by atoms with van der Waals surface area (Å²) in [4.78, 5) is 8.80. The van der Waals surface area contributed by atoms with Crippen molar-refractivity contribution in [1.82, 2.24) is 24.8 Å². The van der Waals surface area contributed by atoms with E-state index in [2.05, 4.69) is 20.2 Å². The maximum absolute atomic E-state index is 6.12. The summed E-state index contributed by atoms with van der Waals surface area (Å²) >= 11 is 1.38. The van der Waals surface area contributed by atoms with Gasteiger partial charge < -0.3 is 10.3 Å². The van der Waals surface area contributed by atoms with E-state index in [4.69, 9.17) is 10.3 Å². The van der Waals surface area contributed by atoms with Gasteiger partial charge in [-0.1, -0.05) is 0 Å². The SMILES string of the molecule is Cc1nc(C)c(C)c(Sc2nnc(-c3ccoc3C)n2N)n1. The van der Waals surface area contributed by atoms with Crippen LogP contribution in [0.3, 0.4) is 0 Å². The highest BCUT2D eigenvalue weighted by atomic mass is 32.2. The van der Waals surface area contributed by atoms with Gasteiger partial charge in [-0.25, -0.2) is 14.6 Å². The number of aromatic nitrogens is 5. The van der Waals surface area contributed by atoms with Crippen molar-refractivity contribution in [1.29, 1.82) is 0 Å². The van der Waals surface area contributed by atoms with Gasteiger partial charge in [0.15, 0.2) is 5.82 Å². The lowest BCUT2D eigenvalue weighted by molar-refractivity contribution is 0.535. The lowest BCUT2D eigenvalue weighted by Crippen LogP contribution is -2.12. The average molecular weight is 316 g/mol. The summed E-state index contributed by atoms with van der Waals surface area (Å²) < 4.78 is 6.74. The Morgan fingerprint density at radius 2 is 1.91 bits per heavy atom. The molecule has 0 unspecified atom stereocenters. The molecule has 0 fully saturated rings. The molecule has 114 valence electrons. The Hall–Kier alpha value is -2.35. The van der Waals surface area contributed by atoms with E-state index in [-0.39, 0.29) is 0 Å². The monoisotopic (exact) mass is 316 g/mol. The van der Waals surface area contributed by atoms with Crippen LogP contribution in [0.1, 0.15) is 22.8 Å². The third-order valence-electron chi connectivity index (χ3n) is 3.41. The Morgan fingerprint density at radius 1 is 1.14 bits per heavy atom. The number of nitrogens with zero attached hydrogens (tertiary/aromatic N) is 5. The summed E-state index contributed by atoms with van der Waals surface area (Å²) in [5.41, 5.74) is 2.79. The molecule has 22 heavy (non-hydrogen) atoms. The van der Waals surface area contributed by atoms with Crippen LogP contribution < -0.4 is 5.84 Å². The fraction of sp³-hybridized carbons (Fsp3) is 0.286. The second-order valence-electron chi connectivity index (χ2n) is 4.96. The molecule has 8 heteroatoms. The van der Waals surface area contributed by atoms with Crippen molar-refractivity contribution >= 4 is 11.8 Å². The fourth-order valence-corrected chi connectivity index (χ4v) is 2.99. The lowest BCUT2D eigenvalue weighted by atomic mass is 10.2. The topological polar surface area (TPSA) is 95.7 Å². The van der Waals surface area contributed by atoms with Crippen LogP contribution in [-0.2, 0) is 0 Å². The summed E-state index contributed by atoms with van der Waals surface area (Å²) in [6.45, 7) is 7.67. The number of nitrogens with two attached hydrogens (primary N) is 1. The van der Waals surface area contributed by atoms with Gasteiger partial charge in [-0.2, -0.15) is 0 Å². The summed E-state index contributed by atoms with van der Waals surface area (Å²) in [6.07, 6.45) is 1.60. The van der Waals surface area contributed by atoms with E-state index in [0.717, 1.165) is 33.4 Å². The van der Waals surface area contributed by atoms with Crippen molar-refractivity contribution < 1.29 is 4.42 Å². The molecule has 0 aliphatic carbocycles. The third-order valence-corrected chi connectivity index (χ3v) is 4.46. The molecule has 0 aliphatic rings. The lowest BCUT2D eigenvalue weighted by Gasteiger charge is -2.07. The average Bonchev–Trinajstić information content (AvgIpc) is 3.02. The number of nitrogen functional groups attached to an aromatic ring is 1. The molecule has 3 heterocycles. The highest BCUT2D eigenvalue weighted by Crippen LogP contribution is 2.30. The van der Waals surface area contributed by atoms with Gasteiger partial charge in [0.25, 0.3) is 0 Å². The summed E-state index contributed by atoms with van der Waals surface area (Å²) in [5, 5.41) is 9.71. The molecule has 3 rings (SSSR count). The van der Waals surface area contributed by atoms with E-state index in [1.165, 1.54) is 16.4 Å². The summed E-state index contributed by atoms with van der Waals surface area (Å²) in [7, 11) is 0. The van der Waals surface area contributed by atoms with Crippen molar-refractivity contribution in [2.75, 3.05) is 5.84 Å². The molecular weight excluding hydrogens is 300 g/mol. The molecule has 0 aromatic carbocycles. The quantitative estimate of drug-likeness (QED) is 0.585. The molecule has 0 radical (unpaired) electrons. The van der Waals surface area contributed by atoms with Gasteiger partial charge in [0, 0.05) is 11.3 Å². The van der Waals surface area contributed by atoms with Gasteiger partial charge in [0.2, 0.25) is 5.16 Å². The van der Waals surface area contributed by atoms with E-state index in [1.54, 1.807) is 6.26 Å². The van der Waals surface area contributed by atoms with E-state index >= 15 is 0 Å². The molecule has 0 bridgehead atoms. The molecule has 2 N–H and O–H groups in total. The number of hydrogen-bond donors (Lipinski definition) is 1. The first-order valence-electron chi connectivity index (χ1n) is 6.72. The minimum Gasteiger partial charge on any atom is -0.469 e. The predicted octanol–water partition coefficient (Wildman–Crippen LogP) is 2.43. The van der Waals surface area contributed by atoms with E-state index in [9.17, 15) is 0 Å². The molecular formula is C14H16N6OS. The van der Waals surface area contributed by atoms with Crippen molar-refractivity contribution in [3.8, 4) is 11.4 Å². The Balaban J connectivity index is 1.98. The second-order valence-corrected chi connectivity index (χ2v) is 5.91. The minimum atomic E-state index is 0.564. The van der Waals surface area contributed by atoms with Crippen LogP contribution in [0.15, 0.2) is 26.9 Å². The number of furan rings is 1. The molecule has 0 amide bonds. The Morgan fingerprint density at radius 3 is 2.59 bits per heavy atom. The molecule has 0 saturated heterocycles. The van der Waals surface area contributed by atoms with Gasteiger partial charge in [-0.3, -0.25) is 0 Å². The predicted molar refractivity (Wildman–Crippen MR) is 83.0 cm³/mol. The summed E-state index contributed by atoms with van der Waals surface area (Å²) in [5.74, 6) is 8.16. The maximum Gasteiger partial charge on any atom is 0.216 e. The van der Waals surface area contributed by atoms with Gasteiger partial charge in [-0.15, -0.1) is 10.2 Å². The molecule has 0 aliphatic heterocycles. The van der Waals surface area contributed by atoms with Gasteiger partial charge >= 0.3 is 0 Å². The van der Waals surface area contributed by atoms with Crippen LogP contribution in [0, 0.1) is 27.7 Å². The van der Waals surface area contributed by atoms with E-state index in [1.807, 2.05) is 33.8 Å². The summed E-state index contributed by atoms with van der Waals surface area (Å²) in [6, 6.07) is 1.82. The van der Waals surface area contributed by atoms with Crippen molar-refractivity contribution in [3.63, 3.8) is 0 Å². The zero-order valence-corrected chi connectivity index (χ0v) is 13.6. The normalized spacial score (nSPS) is 11.1. The molecule has 7 nitrogen and oxygen atoms in total. The second kappa shape index (κ2) is 5.45. The molecule has 0 saturated carbocycles. The zero-order chi connectivity index (χ0) is 15.9. The smallest absolute Gasteiger partial charge is 0.216 e. The Bertz CT molecular complexity index is 838. The maximum atomic E-state index is 6.12. The van der Waals surface area contributed by atoms with E-state index in [0.29, 0.717) is 11.0 Å². The number of aryl methyl sites for hydroxylation is 3. The largest absolute Gasteiger partial charge is 0.469 e. The standard InChI is InChI=1S/C14H16N6OS/c1-7-8(2)16-10(4)17-13(7)22-14-19-18-12(20(14)15)11-5-6-21-9(11)3/h5-6H,15H2,1-4H3. The van der Waals surface area contributed by atoms with Crippen LogP contribution in [0.2, 0.25) is 0 Å². The van der Waals surface area contributed by atoms with Crippen LogP contribution in [0.25, 0.3) is 11.4 Å². The first-order chi connectivity index (χ1) is 10.5. The molecule has 0 atom stereocenters.